The first-order chi connectivity index (χ1) is 12.0. The number of nitrogens with one attached hydrogen (secondary N) is 1. The number of nitriles is 1. The Morgan fingerprint density at radius 1 is 1.60 bits per heavy atom. The quantitative estimate of drug-likeness (QED) is 0.261. The predicted molar refractivity (Wildman–Crippen MR) is 86.9 cm³/mol. The number of rotatable bonds is 7. The Balaban J connectivity index is 2.19. The van der Waals surface area contributed by atoms with Gasteiger partial charge in [0, 0.05) is 30.4 Å². The minimum atomic E-state index is -0.751. The summed E-state index contributed by atoms with van der Waals surface area (Å²) in [6, 6.07) is 5.91. The van der Waals surface area contributed by atoms with Crippen LogP contribution in [0.3, 0.4) is 0 Å². The van der Waals surface area contributed by atoms with Gasteiger partial charge in [-0.2, -0.15) is 5.26 Å². The van der Waals surface area contributed by atoms with E-state index in [1.54, 1.807) is 13.0 Å². The van der Waals surface area contributed by atoms with Crippen molar-refractivity contribution in [3.05, 3.63) is 40.1 Å². The van der Waals surface area contributed by atoms with Crippen molar-refractivity contribution < 1.29 is 23.9 Å². The zero-order valence-corrected chi connectivity index (χ0v) is 13.6. The van der Waals surface area contributed by atoms with Crippen molar-refractivity contribution in [2.24, 2.45) is 0 Å². The number of esters is 1. The van der Waals surface area contributed by atoms with E-state index in [1.165, 1.54) is 24.4 Å². The zero-order chi connectivity index (χ0) is 18.2. The standard InChI is InChI=1S/C16H17N3O6/c1-2-24-16(20)11(8-17)9-18-12-3-4-14(19(21)22)15(7-12)25-13-5-6-23-10-13/h3-4,7,9,13,18H,2,5-6,10H2,1H3. The van der Waals surface area contributed by atoms with Crippen molar-refractivity contribution in [2.45, 2.75) is 19.4 Å². The van der Waals surface area contributed by atoms with Gasteiger partial charge in [0.25, 0.3) is 0 Å². The number of nitro groups is 1. The Morgan fingerprint density at radius 3 is 3.00 bits per heavy atom. The van der Waals surface area contributed by atoms with Crippen LogP contribution in [0.1, 0.15) is 13.3 Å². The third kappa shape index (κ3) is 4.92. The molecule has 0 amide bonds. The van der Waals surface area contributed by atoms with Gasteiger partial charge >= 0.3 is 11.7 Å². The molecular formula is C16H17N3O6. The molecular weight excluding hydrogens is 330 g/mol. The molecule has 1 aliphatic rings. The minimum Gasteiger partial charge on any atom is -0.481 e. The van der Waals surface area contributed by atoms with E-state index in [4.69, 9.17) is 19.5 Å². The van der Waals surface area contributed by atoms with Crippen molar-refractivity contribution in [3.63, 3.8) is 0 Å². The fourth-order valence-electron chi connectivity index (χ4n) is 2.14. The number of nitro benzene ring substituents is 1. The fourth-order valence-corrected chi connectivity index (χ4v) is 2.14. The van der Waals surface area contributed by atoms with Crippen LogP contribution in [0.2, 0.25) is 0 Å². The minimum absolute atomic E-state index is 0.0912. The topological polar surface area (TPSA) is 124 Å². The van der Waals surface area contributed by atoms with E-state index in [0.717, 1.165) is 0 Å². The average molecular weight is 347 g/mol. The average Bonchev–Trinajstić information content (AvgIpc) is 3.08. The second-order valence-corrected chi connectivity index (χ2v) is 5.08. The fraction of sp³-hybridized carbons (Fsp3) is 0.375. The molecule has 2 rings (SSSR count). The molecule has 1 aromatic rings. The number of hydrogen-bond acceptors (Lipinski definition) is 8. The molecule has 1 aliphatic heterocycles. The van der Waals surface area contributed by atoms with Gasteiger partial charge in [0.05, 0.1) is 24.7 Å². The summed E-state index contributed by atoms with van der Waals surface area (Å²) >= 11 is 0. The van der Waals surface area contributed by atoms with Gasteiger partial charge < -0.3 is 19.5 Å². The number of benzene rings is 1. The van der Waals surface area contributed by atoms with Crippen molar-refractivity contribution >= 4 is 17.3 Å². The number of nitrogens with zero attached hydrogens (tertiary/aromatic N) is 2. The second-order valence-electron chi connectivity index (χ2n) is 5.08. The molecule has 1 atom stereocenters. The summed E-state index contributed by atoms with van der Waals surface area (Å²) in [4.78, 5) is 22.2. The molecule has 1 saturated heterocycles. The van der Waals surface area contributed by atoms with Crippen molar-refractivity contribution in [3.8, 4) is 11.8 Å². The maximum atomic E-state index is 11.6. The van der Waals surface area contributed by atoms with E-state index in [2.05, 4.69) is 5.32 Å². The highest BCUT2D eigenvalue weighted by molar-refractivity contribution is 5.93. The summed E-state index contributed by atoms with van der Waals surface area (Å²) in [5.41, 5.74) is 0.0377. The first kappa shape index (κ1) is 18.2. The van der Waals surface area contributed by atoms with Crippen molar-refractivity contribution in [1.29, 1.82) is 5.26 Å². The number of carbonyl (C=O) groups is 1. The first-order valence-corrected chi connectivity index (χ1v) is 7.62. The van der Waals surface area contributed by atoms with Crippen LogP contribution in [-0.4, -0.2) is 36.8 Å². The molecule has 0 radical (unpaired) electrons. The Hall–Kier alpha value is -3.12. The lowest BCUT2D eigenvalue weighted by atomic mass is 10.2. The number of carbonyl (C=O) groups excluding carboxylic acids is 1. The SMILES string of the molecule is CCOC(=O)C(C#N)=CNc1ccc([N+](=O)[O-])c(OC2CCOC2)c1. The molecule has 25 heavy (non-hydrogen) atoms. The van der Waals surface area contributed by atoms with E-state index in [0.29, 0.717) is 25.3 Å². The van der Waals surface area contributed by atoms with Gasteiger partial charge in [-0.3, -0.25) is 10.1 Å². The van der Waals surface area contributed by atoms with Gasteiger partial charge in [0.2, 0.25) is 0 Å². The first-order valence-electron chi connectivity index (χ1n) is 7.62. The van der Waals surface area contributed by atoms with Gasteiger partial charge in [-0.1, -0.05) is 0 Å². The predicted octanol–water partition coefficient (Wildman–Crippen LogP) is 2.14. The lowest BCUT2D eigenvalue weighted by Crippen LogP contribution is -2.16. The van der Waals surface area contributed by atoms with Crippen LogP contribution in [0.5, 0.6) is 5.75 Å². The van der Waals surface area contributed by atoms with Gasteiger partial charge in [0.1, 0.15) is 12.2 Å². The van der Waals surface area contributed by atoms with E-state index in [1.807, 2.05) is 0 Å². The lowest BCUT2D eigenvalue weighted by molar-refractivity contribution is -0.386. The van der Waals surface area contributed by atoms with Gasteiger partial charge in [0.15, 0.2) is 11.3 Å². The van der Waals surface area contributed by atoms with Crippen LogP contribution >= 0.6 is 0 Å². The monoisotopic (exact) mass is 347 g/mol. The molecule has 9 heteroatoms. The molecule has 0 saturated carbocycles. The summed E-state index contributed by atoms with van der Waals surface area (Å²) in [7, 11) is 0. The molecule has 1 heterocycles. The molecule has 132 valence electrons. The molecule has 9 nitrogen and oxygen atoms in total. The molecule has 0 aliphatic carbocycles. The maximum Gasteiger partial charge on any atom is 0.350 e. The van der Waals surface area contributed by atoms with E-state index in [-0.39, 0.29) is 29.7 Å². The Bertz CT molecular complexity index is 719. The van der Waals surface area contributed by atoms with Gasteiger partial charge in [-0.05, 0) is 13.0 Å². The van der Waals surface area contributed by atoms with Crippen LogP contribution < -0.4 is 10.1 Å². The number of ether oxygens (including phenoxy) is 3. The molecule has 1 N–H and O–H groups in total. The highest BCUT2D eigenvalue weighted by atomic mass is 16.6. The largest absolute Gasteiger partial charge is 0.481 e. The van der Waals surface area contributed by atoms with Crippen LogP contribution in [0.15, 0.2) is 30.0 Å². The third-order valence-corrected chi connectivity index (χ3v) is 3.34. The summed E-state index contributed by atoms with van der Waals surface area (Å²) in [6.07, 6.45) is 1.58. The highest BCUT2D eigenvalue weighted by Gasteiger charge is 2.23. The Morgan fingerprint density at radius 2 is 2.40 bits per heavy atom. The third-order valence-electron chi connectivity index (χ3n) is 3.34. The van der Waals surface area contributed by atoms with E-state index in [9.17, 15) is 14.9 Å². The zero-order valence-electron chi connectivity index (χ0n) is 13.6. The number of hydrogen-bond donors (Lipinski definition) is 1. The molecule has 0 bridgehead atoms. The molecule has 1 fully saturated rings. The lowest BCUT2D eigenvalue weighted by Gasteiger charge is -2.13. The molecule has 1 aromatic carbocycles. The van der Waals surface area contributed by atoms with Crippen LogP contribution in [0, 0.1) is 21.4 Å². The van der Waals surface area contributed by atoms with Crippen LogP contribution in [0.4, 0.5) is 11.4 Å². The maximum absolute atomic E-state index is 11.6. The van der Waals surface area contributed by atoms with E-state index >= 15 is 0 Å². The molecule has 1 unspecified atom stereocenters. The highest BCUT2D eigenvalue weighted by Crippen LogP contribution is 2.32. The van der Waals surface area contributed by atoms with Crippen molar-refractivity contribution in [1.82, 2.24) is 0 Å². The smallest absolute Gasteiger partial charge is 0.350 e. The summed E-state index contributed by atoms with van der Waals surface area (Å²) in [5, 5.41) is 22.9. The van der Waals surface area contributed by atoms with Crippen LogP contribution in [0.25, 0.3) is 0 Å². The normalized spacial score (nSPS) is 16.8. The molecule has 0 spiro atoms. The summed E-state index contributed by atoms with van der Waals surface area (Å²) in [5.74, 6) is -0.660. The van der Waals surface area contributed by atoms with Gasteiger partial charge in [-0.25, -0.2) is 4.79 Å². The van der Waals surface area contributed by atoms with Gasteiger partial charge in [-0.15, -0.1) is 0 Å². The van der Waals surface area contributed by atoms with Crippen molar-refractivity contribution in [2.75, 3.05) is 25.1 Å². The summed E-state index contributed by atoms with van der Waals surface area (Å²) in [6.45, 7) is 2.70. The van der Waals surface area contributed by atoms with Crippen LogP contribution in [-0.2, 0) is 14.3 Å². The molecule has 0 aromatic heterocycles. The Labute approximate surface area is 143 Å². The van der Waals surface area contributed by atoms with E-state index < -0.39 is 10.9 Å². The Kier molecular flexibility index (Phi) is 6.31. The summed E-state index contributed by atoms with van der Waals surface area (Å²) < 4.78 is 15.6. The second kappa shape index (κ2) is 8.65. The number of anilines is 1.